The van der Waals surface area contributed by atoms with Crippen LogP contribution >= 0.6 is 0 Å². The molecule has 0 aliphatic carbocycles. The van der Waals surface area contributed by atoms with Gasteiger partial charge in [-0.3, -0.25) is 0 Å². The van der Waals surface area contributed by atoms with Crippen LogP contribution in [0.25, 0.3) is 0 Å². The zero-order valence-corrected chi connectivity index (χ0v) is 8.71. The second-order valence-electron chi connectivity index (χ2n) is 3.62. The fraction of sp³-hybridized carbons (Fsp3) is 1.00. The van der Waals surface area contributed by atoms with Crippen molar-refractivity contribution in [2.45, 2.75) is 44.8 Å². The highest BCUT2D eigenvalue weighted by atomic mass is 16.5. The standard InChI is InChI=1S/C10H21NO2/c1-3-9(11)10(13-4-2)5-7-12-8-6-10/h9H,3-8,11H2,1-2H3. The molecule has 1 rings (SSSR count). The fourth-order valence-electron chi connectivity index (χ4n) is 2.00. The van der Waals surface area contributed by atoms with Crippen LogP contribution in [-0.2, 0) is 9.47 Å². The molecule has 78 valence electrons. The highest BCUT2D eigenvalue weighted by molar-refractivity contribution is 4.92. The Bertz CT molecular complexity index is 138. The van der Waals surface area contributed by atoms with Gasteiger partial charge in [0.15, 0.2) is 0 Å². The topological polar surface area (TPSA) is 44.5 Å². The molecule has 1 fully saturated rings. The Labute approximate surface area is 80.6 Å². The third-order valence-corrected chi connectivity index (χ3v) is 2.89. The molecule has 13 heavy (non-hydrogen) atoms. The van der Waals surface area contributed by atoms with Gasteiger partial charge in [-0.2, -0.15) is 0 Å². The van der Waals surface area contributed by atoms with E-state index in [0.717, 1.165) is 39.1 Å². The molecule has 2 N–H and O–H groups in total. The maximum Gasteiger partial charge on any atom is 0.0876 e. The summed E-state index contributed by atoms with van der Waals surface area (Å²) < 4.78 is 11.1. The SMILES string of the molecule is CCOC1(C(N)CC)CCOCC1. The van der Waals surface area contributed by atoms with E-state index in [1.54, 1.807) is 0 Å². The van der Waals surface area contributed by atoms with Crippen molar-refractivity contribution in [1.29, 1.82) is 0 Å². The molecule has 0 aromatic carbocycles. The van der Waals surface area contributed by atoms with Gasteiger partial charge in [-0.05, 0) is 13.3 Å². The molecule has 3 nitrogen and oxygen atoms in total. The van der Waals surface area contributed by atoms with Crippen LogP contribution in [0.2, 0.25) is 0 Å². The normalized spacial score (nSPS) is 24.2. The van der Waals surface area contributed by atoms with Crippen LogP contribution in [-0.4, -0.2) is 31.5 Å². The molecular formula is C10H21NO2. The minimum Gasteiger partial charge on any atom is -0.381 e. The third-order valence-electron chi connectivity index (χ3n) is 2.89. The fourth-order valence-corrected chi connectivity index (χ4v) is 2.00. The van der Waals surface area contributed by atoms with Gasteiger partial charge in [-0.15, -0.1) is 0 Å². The van der Waals surface area contributed by atoms with Crippen LogP contribution in [0.4, 0.5) is 0 Å². The molecule has 0 bridgehead atoms. The molecule has 1 atom stereocenters. The summed E-state index contributed by atoms with van der Waals surface area (Å²) in [7, 11) is 0. The second kappa shape index (κ2) is 4.94. The van der Waals surface area contributed by atoms with Crippen LogP contribution in [0.3, 0.4) is 0 Å². The zero-order chi connectivity index (χ0) is 9.73. The quantitative estimate of drug-likeness (QED) is 0.721. The van der Waals surface area contributed by atoms with Crippen molar-refractivity contribution in [2.75, 3.05) is 19.8 Å². The molecule has 1 aliphatic heterocycles. The monoisotopic (exact) mass is 187 g/mol. The molecule has 0 spiro atoms. The van der Waals surface area contributed by atoms with Crippen molar-refractivity contribution >= 4 is 0 Å². The molecular weight excluding hydrogens is 166 g/mol. The number of nitrogens with two attached hydrogens (primary N) is 1. The molecule has 1 aliphatic rings. The summed E-state index contributed by atoms with van der Waals surface area (Å²) >= 11 is 0. The largest absolute Gasteiger partial charge is 0.381 e. The van der Waals surface area contributed by atoms with Gasteiger partial charge in [0.2, 0.25) is 0 Å². The van der Waals surface area contributed by atoms with Gasteiger partial charge in [-0.1, -0.05) is 6.92 Å². The second-order valence-corrected chi connectivity index (χ2v) is 3.62. The Morgan fingerprint density at radius 2 is 2.00 bits per heavy atom. The average molecular weight is 187 g/mol. The van der Waals surface area contributed by atoms with Gasteiger partial charge in [0.05, 0.1) is 5.60 Å². The number of hydrogen-bond donors (Lipinski definition) is 1. The van der Waals surface area contributed by atoms with Crippen molar-refractivity contribution in [2.24, 2.45) is 5.73 Å². The van der Waals surface area contributed by atoms with Crippen molar-refractivity contribution in [1.82, 2.24) is 0 Å². The molecule has 0 aromatic rings. The molecule has 1 saturated heterocycles. The predicted octanol–water partition coefficient (Wildman–Crippen LogP) is 1.31. The summed E-state index contributed by atoms with van der Waals surface area (Å²) in [5, 5.41) is 0. The first-order chi connectivity index (χ1) is 6.25. The maximum atomic E-state index is 6.09. The number of rotatable bonds is 4. The first-order valence-electron chi connectivity index (χ1n) is 5.22. The summed E-state index contributed by atoms with van der Waals surface area (Å²) in [5.74, 6) is 0. The summed E-state index contributed by atoms with van der Waals surface area (Å²) in [4.78, 5) is 0. The smallest absolute Gasteiger partial charge is 0.0876 e. The van der Waals surface area contributed by atoms with E-state index in [0.29, 0.717) is 0 Å². The summed E-state index contributed by atoms with van der Waals surface area (Å²) in [6.07, 6.45) is 2.85. The number of ether oxygens (including phenoxy) is 2. The molecule has 0 aromatic heterocycles. The molecule has 1 unspecified atom stereocenters. The zero-order valence-electron chi connectivity index (χ0n) is 8.71. The van der Waals surface area contributed by atoms with E-state index in [4.69, 9.17) is 15.2 Å². The van der Waals surface area contributed by atoms with Gasteiger partial charge in [-0.25, -0.2) is 0 Å². The van der Waals surface area contributed by atoms with Crippen molar-refractivity contribution in [3.8, 4) is 0 Å². The van der Waals surface area contributed by atoms with Crippen LogP contribution in [0, 0.1) is 0 Å². The summed E-state index contributed by atoms with van der Waals surface area (Å²) in [6, 6.07) is 0.149. The van der Waals surface area contributed by atoms with Crippen molar-refractivity contribution in [3.63, 3.8) is 0 Å². The molecule has 0 saturated carbocycles. The first-order valence-corrected chi connectivity index (χ1v) is 5.22. The Hall–Kier alpha value is -0.120. The number of hydrogen-bond acceptors (Lipinski definition) is 3. The van der Waals surface area contributed by atoms with E-state index in [2.05, 4.69) is 6.92 Å². The van der Waals surface area contributed by atoms with E-state index < -0.39 is 0 Å². The van der Waals surface area contributed by atoms with Crippen LogP contribution in [0.15, 0.2) is 0 Å². The van der Waals surface area contributed by atoms with E-state index >= 15 is 0 Å². The van der Waals surface area contributed by atoms with E-state index in [1.807, 2.05) is 6.92 Å². The van der Waals surface area contributed by atoms with E-state index in [-0.39, 0.29) is 11.6 Å². The highest BCUT2D eigenvalue weighted by Crippen LogP contribution is 2.29. The van der Waals surface area contributed by atoms with Gasteiger partial charge >= 0.3 is 0 Å². The first kappa shape index (κ1) is 11.0. The summed E-state index contributed by atoms with van der Waals surface area (Å²) in [5.41, 5.74) is 5.98. The lowest BCUT2D eigenvalue weighted by molar-refractivity contribution is -0.121. The molecule has 0 amide bonds. The lowest BCUT2D eigenvalue weighted by atomic mass is 9.85. The van der Waals surface area contributed by atoms with Gasteiger partial charge in [0.1, 0.15) is 0 Å². The lowest BCUT2D eigenvalue weighted by Crippen LogP contribution is -2.53. The predicted molar refractivity (Wildman–Crippen MR) is 52.7 cm³/mol. The van der Waals surface area contributed by atoms with Crippen LogP contribution < -0.4 is 5.73 Å². The Balaban J connectivity index is 2.60. The lowest BCUT2D eigenvalue weighted by Gasteiger charge is -2.41. The molecule has 0 radical (unpaired) electrons. The maximum absolute atomic E-state index is 6.09. The Morgan fingerprint density at radius 1 is 1.38 bits per heavy atom. The van der Waals surface area contributed by atoms with Crippen molar-refractivity contribution in [3.05, 3.63) is 0 Å². The van der Waals surface area contributed by atoms with E-state index in [9.17, 15) is 0 Å². The summed E-state index contributed by atoms with van der Waals surface area (Å²) in [6.45, 7) is 6.45. The minimum atomic E-state index is -0.109. The van der Waals surface area contributed by atoms with Crippen LogP contribution in [0.5, 0.6) is 0 Å². The van der Waals surface area contributed by atoms with Gasteiger partial charge in [0.25, 0.3) is 0 Å². The third kappa shape index (κ3) is 2.42. The minimum absolute atomic E-state index is 0.109. The average Bonchev–Trinajstić information content (AvgIpc) is 2.18. The Kier molecular flexibility index (Phi) is 4.16. The van der Waals surface area contributed by atoms with Crippen molar-refractivity contribution < 1.29 is 9.47 Å². The molecule has 3 heteroatoms. The van der Waals surface area contributed by atoms with Gasteiger partial charge in [0, 0.05) is 38.7 Å². The Morgan fingerprint density at radius 3 is 2.46 bits per heavy atom. The highest BCUT2D eigenvalue weighted by Gasteiger charge is 2.38. The van der Waals surface area contributed by atoms with Gasteiger partial charge < -0.3 is 15.2 Å². The van der Waals surface area contributed by atoms with Crippen LogP contribution in [0.1, 0.15) is 33.1 Å². The molecule has 1 heterocycles. The van der Waals surface area contributed by atoms with E-state index in [1.165, 1.54) is 0 Å².